The summed E-state index contributed by atoms with van der Waals surface area (Å²) in [7, 11) is 0. The molecule has 0 bridgehead atoms. The first-order valence-corrected chi connectivity index (χ1v) is 8.82. The van der Waals surface area contributed by atoms with Crippen LogP contribution in [-0.2, 0) is 11.2 Å². The molecule has 7 heteroatoms. The zero-order valence-corrected chi connectivity index (χ0v) is 15.6. The van der Waals surface area contributed by atoms with Crippen LogP contribution in [0.2, 0.25) is 10.0 Å². The lowest BCUT2D eigenvalue weighted by Gasteiger charge is -2.12. The first-order chi connectivity index (χ1) is 11.4. The summed E-state index contributed by atoms with van der Waals surface area (Å²) >= 11 is 12.4. The Kier molecular flexibility index (Phi) is 6.63. The molecule has 0 aliphatic rings. The lowest BCUT2D eigenvalue weighted by Crippen LogP contribution is -2.29. The number of nitrogens with one attached hydrogen (secondary N) is 2. The van der Waals surface area contributed by atoms with E-state index in [-0.39, 0.29) is 5.91 Å². The summed E-state index contributed by atoms with van der Waals surface area (Å²) in [5.41, 5.74) is 0.680. The predicted molar refractivity (Wildman–Crippen MR) is 99.9 cm³/mol. The number of hydrogen-bond donors (Lipinski definition) is 2. The SMILES string of the molecule is CCc1nc(NCCNC(=O)CC(C)C)c2cc(Cl)cc(Cl)c2n1. The number of amides is 1. The van der Waals surface area contributed by atoms with E-state index in [0.29, 0.717) is 59.1 Å². The number of benzene rings is 1. The van der Waals surface area contributed by atoms with Crippen molar-refractivity contribution < 1.29 is 4.79 Å². The number of aromatic nitrogens is 2. The van der Waals surface area contributed by atoms with E-state index in [1.54, 1.807) is 12.1 Å². The van der Waals surface area contributed by atoms with Crippen molar-refractivity contribution in [1.82, 2.24) is 15.3 Å². The molecule has 0 saturated heterocycles. The normalized spacial score (nSPS) is 11.1. The molecule has 0 unspecified atom stereocenters. The van der Waals surface area contributed by atoms with E-state index >= 15 is 0 Å². The topological polar surface area (TPSA) is 66.9 Å². The van der Waals surface area contributed by atoms with E-state index in [0.717, 1.165) is 5.39 Å². The Morgan fingerprint density at radius 3 is 2.62 bits per heavy atom. The number of rotatable bonds is 7. The molecule has 0 saturated carbocycles. The number of fused-ring (bicyclic) bond motifs is 1. The quantitative estimate of drug-likeness (QED) is 0.722. The van der Waals surface area contributed by atoms with Gasteiger partial charge in [0.05, 0.1) is 10.5 Å². The monoisotopic (exact) mass is 368 g/mol. The van der Waals surface area contributed by atoms with E-state index in [1.165, 1.54) is 0 Å². The van der Waals surface area contributed by atoms with Crippen LogP contribution in [-0.4, -0.2) is 29.0 Å². The molecule has 1 aromatic heterocycles. The van der Waals surface area contributed by atoms with E-state index in [4.69, 9.17) is 23.2 Å². The van der Waals surface area contributed by atoms with Crippen molar-refractivity contribution in [2.24, 2.45) is 5.92 Å². The summed E-state index contributed by atoms with van der Waals surface area (Å²) in [5, 5.41) is 7.94. The Morgan fingerprint density at radius 2 is 1.96 bits per heavy atom. The van der Waals surface area contributed by atoms with Crippen LogP contribution in [0.15, 0.2) is 12.1 Å². The van der Waals surface area contributed by atoms with Gasteiger partial charge in [0, 0.05) is 36.3 Å². The first kappa shape index (κ1) is 18.7. The highest BCUT2D eigenvalue weighted by Crippen LogP contribution is 2.30. The molecule has 0 aliphatic carbocycles. The Morgan fingerprint density at radius 1 is 1.21 bits per heavy atom. The van der Waals surface area contributed by atoms with Gasteiger partial charge in [0.25, 0.3) is 0 Å². The minimum Gasteiger partial charge on any atom is -0.368 e. The van der Waals surface area contributed by atoms with Crippen molar-refractivity contribution in [3.05, 3.63) is 28.0 Å². The molecule has 2 rings (SSSR count). The van der Waals surface area contributed by atoms with Gasteiger partial charge < -0.3 is 10.6 Å². The Bertz CT molecular complexity index is 734. The second-order valence-corrected chi connectivity index (χ2v) is 6.84. The number of aryl methyl sites for hydroxylation is 1. The third-order valence-electron chi connectivity index (χ3n) is 3.41. The maximum absolute atomic E-state index is 11.7. The Hall–Kier alpha value is -1.59. The third-order valence-corrected chi connectivity index (χ3v) is 3.92. The van der Waals surface area contributed by atoms with Gasteiger partial charge in [-0.15, -0.1) is 0 Å². The number of hydrogen-bond acceptors (Lipinski definition) is 4. The zero-order valence-electron chi connectivity index (χ0n) is 14.1. The van der Waals surface area contributed by atoms with E-state index in [2.05, 4.69) is 20.6 Å². The molecule has 24 heavy (non-hydrogen) atoms. The molecule has 1 heterocycles. The highest BCUT2D eigenvalue weighted by Gasteiger charge is 2.11. The number of carbonyl (C=O) groups excluding carboxylic acids is 1. The molecule has 130 valence electrons. The van der Waals surface area contributed by atoms with Gasteiger partial charge in [-0.3, -0.25) is 4.79 Å². The number of carbonyl (C=O) groups is 1. The van der Waals surface area contributed by atoms with Crippen molar-refractivity contribution >= 4 is 45.8 Å². The number of anilines is 1. The Labute approximate surface area is 152 Å². The van der Waals surface area contributed by atoms with Gasteiger partial charge in [-0.2, -0.15) is 0 Å². The molecule has 2 N–H and O–H groups in total. The van der Waals surface area contributed by atoms with Gasteiger partial charge in [0.15, 0.2) is 0 Å². The lowest BCUT2D eigenvalue weighted by molar-refractivity contribution is -0.121. The van der Waals surface area contributed by atoms with Crippen LogP contribution in [0, 0.1) is 5.92 Å². The second kappa shape index (κ2) is 8.49. The summed E-state index contributed by atoms with van der Waals surface area (Å²) in [6, 6.07) is 3.47. The number of nitrogens with zero attached hydrogens (tertiary/aromatic N) is 2. The predicted octanol–water partition coefficient (Wildman–Crippen LogP) is 4.07. The van der Waals surface area contributed by atoms with Crippen LogP contribution in [0.3, 0.4) is 0 Å². The van der Waals surface area contributed by atoms with Gasteiger partial charge in [0.1, 0.15) is 11.6 Å². The minimum absolute atomic E-state index is 0.0553. The molecule has 0 radical (unpaired) electrons. The molecular formula is C17H22Cl2N4O. The third kappa shape index (κ3) is 4.95. The molecule has 0 atom stereocenters. The van der Waals surface area contributed by atoms with Gasteiger partial charge in [-0.25, -0.2) is 9.97 Å². The molecule has 1 aromatic carbocycles. The van der Waals surface area contributed by atoms with Gasteiger partial charge in [-0.1, -0.05) is 44.0 Å². The van der Waals surface area contributed by atoms with E-state index in [9.17, 15) is 4.79 Å². The van der Waals surface area contributed by atoms with Crippen molar-refractivity contribution in [2.45, 2.75) is 33.6 Å². The van der Waals surface area contributed by atoms with Gasteiger partial charge in [-0.05, 0) is 18.1 Å². The highest BCUT2D eigenvalue weighted by molar-refractivity contribution is 6.38. The van der Waals surface area contributed by atoms with Crippen LogP contribution in [0.25, 0.3) is 10.9 Å². The molecule has 0 fully saturated rings. The van der Waals surface area contributed by atoms with Crippen molar-refractivity contribution in [1.29, 1.82) is 0 Å². The fourth-order valence-corrected chi connectivity index (χ4v) is 2.86. The van der Waals surface area contributed by atoms with Crippen molar-refractivity contribution in [3.8, 4) is 0 Å². The van der Waals surface area contributed by atoms with Gasteiger partial charge in [0.2, 0.25) is 5.91 Å². The summed E-state index contributed by atoms with van der Waals surface area (Å²) in [5.74, 6) is 1.79. The maximum Gasteiger partial charge on any atom is 0.220 e. The fourth-order valence-electron chi connectivity index (χ4n) is 2.32. The average Bonchev–Trinajstić information content (AvgIpc) is 2.50. The standard InChI is InChI=1S/C17H22Cl2N4O/c1-4-14-22-16-12(8-11(18)9-13(16)19)17(23-14)21-6-5-20-15(24)7-10(2)3/h8-10H,4-7H2,1-3H3,(H,20,24)(H,21,22,23). The molecule has 0 spiro atoms. The van der Waals surface area contributed by atoms with Crippen LogP contribution < -0.4 is 10.6 Å². The Balaban J connectivity index is 2.12. The van der Waals surface area contributed by atoms with Crippen LogP contribution in [0.4, 0.5) is 5.82 Å². The van der Waals surface area contributed by atoms with Crippen LogP contribution in [0.5, 0.6) is 0 Å². The molecule has 1 amide bonds. The van der Waals surface area contributed by atoms with Crippen molar-refractivity contribution in [2.75, 3.05) is 18.4 Å². The average molecular weight is 369 g/mol. The summed E-state index contributed by atoms with van der Waals surface area (Å²) < 4.78 is 0. The summed E-state index contributed by atoms with van der Waals surface area (Å²) in [6.45, 7) is 7.10. The summed E-state index contributed by atoms with van der Waals surface area (Å²) in [6.07, 6.45) is 1.23. The largest absolute Gasteiger partial charge is 0.368 e. The molecule has 5 nitrogen and oxygen atoms in total. The molecule has 2 aromatic rings. The minimum atomic E-state index is 0.0553. The van der Waals surface area contributed by atoms with E-state index < -0.39 is 0 Å². The highest BCUT2D eigenvalue weighted by atomic mass is 35.5. The molecular weight excluding hydrogens is 347 g/mol. The number of halogens is 2. The first-order valence-electron chi connectivity index (χ1n) is 8.07. The lowest BCUT2D eigenvalue weighted by atomic mass is 10.1. The van der Waals surface area contributed by atoms with Crippen LogP contribution in [0.1, 0.15) is 33.0 Å². The van der Waals surface area contributed by atoms with E-state index in [1.807, 2.05) is 20.8 Å². The zero-order chi connectivity index (χ0) is 17.7. The second-order valence-electron chi connectivity index (χ2n) is 6.00. The summed E-state index contributed by atoms with van der Waals surface area (Å²) in [4.78, 5) is 20.7. The van der Waals surface area contributed by atoms with Crippen LogP contribution >= 0.6 is 23.2 Å². The smallest absolute Gasteiger partial charge is 0.220 e. The van der Waals surface area contributed by atoms with Gasteiger partial charge >= 0.3 is 0 Å². The molecule has 0 aliphatic heterocycles. The van der Waals surface area contributed by atoms with Crippen molar-refractivity contribution in [3.63, 3.8) is 0 Å². The fraction of sp³-hybridized carbons (Fsp3) is 0.471. The maximum atomic E-state index is 11.7.